The largest absolute Gasteiger partial charge is 0.330 e. The molecule has 0 bridgehead atoms. The maximum Gasteiger partial charge on any atom is 0.0112 e. The Balaban J connectivity index is 4.07. The standard InChI is InChI=1S/C12H29N3/c1-5-9-15(11-10-14(3)4)12(6-2)7-8-13/h12H,5-11,13H2,1-4H3. The number of hydrogen-bond acceptors (Lipinski definition) is 3. The monoisotopic (exact) mass is 215 g/mol. The Morgan fingerprint density at radius 1 is 1.07 bits per heavy atom. The Kier molecular flexibility index (Phi) is 9.06. The second-order valence-corrected chi connectivity index (χ2v) is 4.48. The molecule has 1 unspecified atom stereocenters. The number of rotatable bonds is 9. The van der Waals surface area contributed by atoms with Crippen molar-refractivity contribution in [2.75, 3.05) is 40.3 Å². The Morgan fingerprint density at radius 3 is 2.13 bits per heavy atom. The molecule has 0 spiro atoms. The van der Waals surface area contributed by atoms with Crippen molar-refractivity contribution >= 4 is 0 Å². The minimum Gasteiger partial charge on any atom is -0.330 e. The van der Waals surface area contributed by atoms with Crippen LogP contribution in [0.1, 0.15) is 33.1 Å². The molecule has 0 heterocycles. The van der Waals surface area contributed by atoms with Crippen LogP contribution in [0.3, 0.4) is 0 Å². The first-order chi connectivity index (χ1) is 7.15. The second kappa shape index (κ2) is 9.13. The zero-order chi connectivity index (χ0) is 11.7. The minimum atomic E-state index is 0.676. The lowest BCUT2D eigenvalue weighted by Gasteiger charge is -2.31. The highest BCUT2D eigenvalue weighted by Gasteiger charge is 2.14. The lowest BCUT2D eigenvalue weighted by molar-refractivity contribution is 0.167. The van der Waals surface area contributed by atoms with Crippen LogP contribution in [0.2, 0.25) is 0 Å². The molecule has 0 aliphatic carbocycles. The van der Waals surface area contributed by atoms with Crippen LogP contribution >= 0.6 is 0 Å². The summed E-state index contributed by atoms with van der Waals surface area (Å²) in [4.78, 5) is 4.84. The molecule has 2 N–H and O–H groups in total. The van der Waals surface area contributed by atoms with Gasteiger partial charge in [0.25, 0.3) is 0 Å². The summed E-state index contributed by atoms with van der Waals surface area (Å²) in [5, 5.41) is 0. The van der Waals surface area contributed by atoms with Crippen LogP contribution in [0.4, 0.5) is 0 Å². The molecule has 3 heteroatoms. The average Bonchev–Trinajstić information content (AvgIpc) is 2.21. The summed E-state index contributed by atoms with van der Waals surface area (Å²) in [6.07, 6.45) is 3.57. The molecule has 0 aromatic heterocycles. The van der Waals surface area contributed by atoms with Crippen molar-refractivity contribution in [3.8, 4) is 0 Å². The summed E-state index contributed by atoms with van der Waals surface area (Å²) >= 11 is 0. The molecule has 92 valence electrons. The predicted molar refractivity (Wildman–Crippen MR) is 68.2 cm³/mol. The average molecular weight is 215 g/mol. The molecule has 0 rings (SSSR count). The van der Waals surface area contributed by atoms with Gasteiger partial charge in [-0.15, -0.1) is 0 Å². The van der Waals surface area contributed by atoms with E-state index in [9.17, 15) is 0 Å². The smallest absolute Gasteiger partial charge is 0.0112 e. The van der Waals surface area contributed by atoms with E-state index in [1.807, 2.05) is 0 Å². The highest BCUT2D eigenvalue weighted by Crippen LogP contribution is 2.08. The van der Waals surface area contributed by atoms with E-state index in [2.05, 4.69) is 37.7 Å². The van der Waals surface area contributed by atoms with E-state index in [0.29, 0.717) is 6.04 Å². The third kappa shape index (κ3) is 6.88. The van der Waals surface area contributed by atoms with Gasteiger partial charge in [-0.05, 0) is 46.4 Å². The van der Waals surface area contributed by atoms with Gasteiger partial charge in [-0.1, -0.05) is 13.8 Å². The molecule has 3 nitrogen and oxygen atoms in total. The van der Waals surface area contributed by atoms with Crippen molar-refractivity contribution in [3.63, 3.8) is 0 Å². The van der Waals surface area contributed by atoms with E-state index in [0.717, 1.165) is 19.5 Å². The quantitative estimate of drug-likeness (QED) is 0.631. The molecular formula is C12H29N3. The van der Waals surface area contributed by atoms with Crippen molar-refractivity contribution in [1.29, 1.82) is 0 Å². The third-order valence-electron chi connectivity index (χ3n) is 2.83. The zero-order valence-electron chi connectivity index (χ0n) is 11.0. The first kappa shape index (κ1) is 14.9. The summed E-state index contributed by atoms with van der Waals surface area (Å²) in [5.74, 6) is 0. The van der Waals surface area contributed by atoms with Crippen molar-refractivity contribution in [2.24, 2.45) is 5.73 Å². The van der Waals surface area contributed by atoms with E-state index >= 15 is 0 Å². The third-order valence-corrected chi connectivity index (χ3v) is 2.83. The summed E-state index contributed by atoms with van der Waals surface area (Å²) in [5.41, 5.74) is 5.66. The Hall–Kier alpha value is -0.120. The van der Waals surface area contributed by atoms with Gasteiger partial charge >= 0.3 is 0 Å². The van der Waals surface area contributed by atoms with Crippen LogP contribution in [0.5, 0.6) is 0 Å². The lowest BCUT2D eigenvalue weighted by Crippen LogP contribution is -2.41. The number of nitrogens with zero attached hydrogens (tertiary/aromatic N) is 2. The highest BCUT2D eigenvalue weighted by atomic mass is 15.2. The van der Waals surface area contributed by atoms with Crippen LogP contribution < -0.4 is 5.73 Å². The van der Waals surface area contributed by atoms with Crippen LogP contribution in [0, 0.1) is 0 Å². The van der Waals surface area contributed by atoms with E-state index in [4.69, 9.17) is 5.73 Å². The number of hydrogen-bond donors (Lipinski definition) is 1. The molecule has 0 aliphatic rings. The minimum absolute atomic E-state index is 0.676. The summed E-state index contributed by atoms with van der Waals surface area (Å²) in [6, 6.07) is 0.676. The Bertz CT molecular complexity index is 137. The van der Waals surface area contributed by atoms with E-state index < -0.39 is 0 Å². The summed E-state index contributed by atoms with van der Waals surface area (Å²) in [6.45, 7) is 8.82. The molecule has 0 radical (unpaired) electrons. The molecule has 0 aromatic carbocycles. The molecule has 0 aliphatic heterocycles. The first-order valence-electron chi connectivity index (χ1n) is 6.24. The molecule has 0 saturated carbocycles. The van der Waals surface area contributed by atoms with E-state index in [-0.39, 0.29) is 0 Å². The van der Waals surface area contributed by atoms with Gasteiger partial charge in [-0.3, -0.25) is 4.90 Å². The van der Waals surface area contributed by atoms with Gasteiger partial charge in [0.2, 0.25) is 0 Å². The van der Waals surface area contributed by atoms with Crippen molar-refractivity contribution < 1.29 is 0 Å². The molecular weight excluding hydrogens is 186 g/mol. The van der Waals surface area contributed by atoms with Gasteiger partial charge in [0.05, 0.1) is 0 Å². The fourth-order valence-corrected chi connectivity index (χ4v) is 1.93. The maximum atomic E-state index is 5.66. The summed E-state index contributed by atoms with van der Waals surface area (Å²) in [7, 11) is 4.27. The topological polar surface area (TPSA) is 32.5 Å². The molecule has 15 heavy (non-hydrogen) atoms. The normalized spacial score (nSPS) is 13.8. The molecule has 0 fully saturated rings. The SMILES string of the molecule is CCCN(CCN(C)C)C(CC)CCN. The van der Waals surface area contributed by atoms with Gasteiger partial charge in [-0.2, -0.15) is 0 Å². The van der Waals surface area contributed by atoms with Gasteiger partial charge in [0.1, 0.15) is 0 Å². The molecule has 0 amide bonds. The van der Waals surface area contributed by atoms with Crippen LogP contribution in [0.15, 0.2) is 0 Å². The fraction of sp³-hybridized carbons (Fsp3) is 1.00. The fourth-order valence-electron chi connectivity index (χ4n) is 1.93. The Labute approximate surface area is 95.6 Å². The molecule has 0 aromatic rings. The molecule has 1 atom stereocenters. The van der Waals surface area contributed by atoms with Crippen LogP contribution in [0.25, 0.3) is 0 Å². The maximum absolute atomic E-state index is 5.66. The van der Waals surface area contributed by atoms with E-state index in [1.54, 1.807) is 0 Å². The van der Waals surface area contributed by atoms with Gasteiger partial charge in [0.15, 0.2) is 0 Å². The predicted octanol–water partition coefficient (Wildman–Crippen LogP) is 1.39. The zero-order valence-corrected chi connectivity index (χ0v) is 11.0. The lowest BCUT2D eigenvalue weighted by atomic mass is 10.1. The van der Waals surface area contributed by atoms with Crippen molar-refractivity contribution in [2.45, 2.75) is 39.2 Å². The van der Waals surface area contributed by atoms with Crippen LogP contribution in [-0.4, -0.2) is 56.1 Å². The Morgan fingerprint density at radius 2 is 1.73 bits per heavy atom. The van der Waals surface area contributed by atoms with Gasteiger partial charge < -0.3 is 10.6 Å². The van der Waals surface area contributed by atoms with Gasteiger partial charge in [-0.25, -0.2) is 0 Å². The number of likely N-dealkylation sites (N-methyl/N-ethyl adjacent to an activating group) is 1. The molecule has 0 saturated heterocycles. The first-order valence-corrected chi connectivity index (χ1v) is 6.24. The van der Waals surface area contributed by atoms with Gasteiger partial charge in [0, 0.05) is 19.1 Å². The second-order valence-electron chi connectivity index (χ2n) is 4.48. The van der Waals surface area contributed by atoms with Crippen molar-refractivity contribution in [3.05, 3.63) is 0 Å². The van der Waals surface area contributed by atoms with Crippen LogP contribution in [-0.2, 0) is 0 Å². The number of nitrogens with two attached hydrogens (primary N) is 1. The van der Waals surface area contributed by atoms with E-state index in [1.165, 1.54) is 25.9 Å². The highest BCUT2D eigenvalue weighted by molar-refractivity contribution is 4.71. The summed E-state index contributed by atoms with van der Waals surface area (Å²) < 4.78 is 0. The van der Waals surface area contributed by atoms with Crippen molar-refractivity contribution in [1.82, 2.24) is 9.80 Å².